The maximum atomic E-state index is 12.0. The summed E-state index contributed by atoms with van der Waals surface area (Å²) < 4.78 is 2.16. The van der Waals surface area contributed by atoms with Crippen LogP contribution in [0.25, 0.3) is 10.8 Å². The van der Waals surface area contributed by atoms with Gasteiger partial charge in [-0.3, -0.25) is 4.79 Å². The highest BCUT2D eigenvalue weighted by atomic mass is 35.5. The van der Waals surface area contributed by atoms with E-state index in [9.17, 15) is 4.79 Å². The topological polar surface area (TPSA) is 59.9 Å². The van der Waals surface area contributed by atoms with Gasteiger partial charge in [-0.1, -0.05) is 23.7 Å². The second kappa shape index (κ2) is 5.90. The molecule has 0 saturated carbocycles. The Hall–Kier alpha value is -2.42. The molecule has 0 amide bonds. The van der Waals surface area contributed by atoms with Crippen molar-refractivity contribution in [3.8, 4) is 6.07 Å². The Balaban J connectivity index is 1.79. The van der Waals surface area contributed by atoms with Crippen molar-refractivity contribution in [1.82, 2.24) is 4.98 Å². The molecule has 0 radical (unpaired) electrons. The first-order valence-electron chi connectivity index (χ1n) is 7.46. The number of anilines is 1. The number of fused-ring (bicyclic) bond motifs is 2. The lowest BCUT2D eigenvalue weighted by Crippen LogP contribution is -2.11. The van der Waals surface area contributed by atoms with Gasteiger partial charge >= 0.3 is 0 Å². The van der Waals surface area contributed by atoms with E-state index in [2.05, 4.69) is 15.4 Å². The van der Waals surface area contributed by atoms with Crippen LogP contribution in [0.4, 0.5) is 5.69 Å². The third-order valence-corrected chi connectivity index (χ3v) is 5.55. The predicted octanol–water partition coefficient (Wildman–Crippen LogP) is 4.12. The number of pyridine rings is 1. The maximum Gasteiger partial charge on any atom is 0.255 e. The summed E-state index contributed by atoms with van der Waals surface area (Å²) in [7, 11) is 0. The van der Waals surface area contributed by atoms with Crippen molar-refractivity contribution in [1.29, 1.82) is 5.26 Å². The molecule has 1 aliphatic rings. The Morgan fingerprint density at radius 3 is 3.00 bits per heavy atom. The van der Waals surface area contributed by atoms with E-state index in [-0.39, 0.29) is 5.56 Å². The van der Waals surface area contributed by atoms with Crippen molar-refractivity contribution < 1.29 is 0 Å². The summed E-state index contributed by atoms with van der Waals surface area (Å²) in [4.78, 5) is 15.6. The molecule has 4 rings (SSSR count). The van der Waals surface area contributed by atoms with Crippen LogP contribution < -0.4 is 9.86 Å². The van der Waals surface area contributed by atoms with Crippen LogP contribution in [-0.2, 0) is 6.42 Å². The monoisotopic (exact) mass is 353 g/mol. The zero-order chi connectivity index (χ0) is 16.7. The van der Waals surface area contributed by atoms with E-state index in [0.717, 1.165) is 28.9 Å². The molecule has 1 aliphatic heterocycles. The van der Waals surface area contributed by atoms with Crippen LogP contribution in [0.2, 0.25) is 5.02 Å². The summed E-state index contributed by atoms with van der Waals surface area (Å²) in [5, 5.41) is 11.0. The minimum absolute atomic E-state index is 0.148. The Kier molecular flexibility index (Phi) is 3.72. The quantitative estimate of drug-likeness (QED) is 0.704. The largest absolute Gasteiger partial charge is 0.327 e. The molecule has 0 saturated heterocycles. The van der Waals surface area contributed by atoms with Crippen LogP contribution in [0.1, 0.15) is 11.1 Å². The first-order valence-corrected chi connectivity index (χ1v) is 8.61. The maximum absolute atomic E-state index is 12.0. The Bertz CT molecular complexity index is 1050. The van der Waals surface area contributed by atoms with Crippen LogP contribution in [0, 0.1) is 11.3 Å². The molecule has 24 heavy (non-hydrogen) atoms. The molecule has 0 atom stereocenters. The number of nitriles is 1. The molecule has 6 heteroatoms. The van der Waals surface area contributed by atoms with Gasteiger partial charge in [-0.25, -0.2) is 0 Å². The van der Waals surface area contributed by atoms with Gasteiger partial charge in [0.05, 0.1) is 22.3 Å². The lowest BCUT2D eigenvalue weighted by molar-refractivity contribution is 1.05. The number of aromatic nitrogens is 1. The molecule has 2 heterocycles. The van der Waals surface area contributed by atoms with Crippen LogP contribution >= 0.6 is 23.5 Å². The molecular weight excluding hydrogens is 342 g/mol. The highest BCUT2D eigenvalue weighted by Crippen LogP contribution is 2.40. The molecule has 0 unspecified atom stereocenters. The van der Waals surface area contributed by atoms with Crippen LogP contribution in [0.3, 0.4) is 0 Å². The number of aromatic amines is 1. The van der Waals surface area contributed by atoms with E-state index < -0.39 is 0 Å². The highest BCUT2D eigenvalue weighted by molar-refractivity contribution is 8.00. The molecule has 118 valence electrons. The zero-order valence-corrected chi connectivity index (χ0v) is 14.1. The van der Waals surface area contributed by atoms with Gasteiger partial charge in [0, 0.05) is 28.4 Å². The third kappa shape index (κ3) is 2.44. The minimum Gasteiger partial charge on any atom is -0.327 e. The average Bonchev–Trinajstić information content (AvgIpc) is 3.00. The van der Waals surface area contributed by atoms with E-state index in [1.54, 1.807) is 18.0 Å². The highest BCUT2D eigenvalue weighted by Gasteiger charge is 2.22. The molecule has 4 nitrogen and oxygen atoms in total. The van der Waals surface area contributed by atoms with E-state index >= 15 is 0 Å². The van der Waals surface area contributed by atoms with Crippen molar-refractivity contribution in [2.75, 3.05) is 10.8 Å². The molecule has 0 fully saturated rings. The normalized spacial score (nSPS) is 13.1. The second-order valence-corrected chi connectivity index (χ2v) is 7.01. The van der Waals surface area contributed by atoms with Crippen molar-refractivity contribution >= 4 is 40.0 Å². The number of hydrogen-bond donors (Lipinski definition) is 1. The SMILES string of the molecule is N#Cc1ccc2c(c1)N(Sc1cccc3c(=O)[nH]cc(Cl)c13)CC2. The molecule has 0 aliphatic carbocycles. The number of rotatable bonds is 2. The molecule has 0 bridgehead atoms. The van der Waals surface area contributed by atoms with Gasteiger partial charge in [-0.05, 0) is 48.2 Å². The van der Waals surface area contributed by atoms with E-state index in [0.29, 0.717) is 16.0 Å². The fourth-order valence-electron chi connectivity index (χ4n) is 2.95. The molecule has 2 aromatic carbocycles. The Morgan fingerprint density at radius 1 is 1.29 bits per heavy atom. The zero-order valence-electron chi connectivity index (χ0n) is 12.5. The molecule has 1 N–H and O–H groups in total. The van der Waals surface area contributed by atoms with Crippen LogP contribution in [-0.4, -0.2) is 11.5 Å². The first-order chi connectivity index (χ1) is 11.7. The number of nitrogens with one attached hydrogen (secondary N) is 1. The minimum atomic E-state index is -0.148. The second-order valence-electron chi connectivity index (χ2n) is 5.54. The number of halogens is 1. The molecular formula is C18H12ClN3OS. The first kappa shape index (κ1) is 15.1. The predicted molar refractivity (Wildman–Crippen MR) is 97.6 cm³/mol. The van der Waals surface area contributed by atoms with Crippen molar-refractivity contribution in [3.05, 3.63) is 69.1 Å². The van der Waals surface area contributed by atoms with Gasteiger partial charge < -0.3 is 9.29 Å². The van der Waals surface area contributed by atoms with E-state index in [1.807, 2.05) is 30.3 Å². The van der Waals surface area contributed by atoms with Gasteiger partial charge in [0.1, 0.15) is 0 Å². The number of nitrogens with zero attached hydrogens (tertiary/aromatic N) is 2. The summed E-state index contributed by atoms with van der Waals surface area (Å²) in [5.74, 6) is 0. The van der Waals surface area contributed by atoms with E-state index in [1.165, 1.54) is 11.8 Å². The fourth-order valence-corrected chi connectivity index (χ4v) is 4.41. The van der Waals surface area contributed by atoms with Crippen molar-refractivity contribution in [2.24, 2.45) is 0 Å². The number of benzene rings is 2. The summed E-state index contributed by atoms with van der Waals surface area (Å²) in [6.07, 6.45) is 2.47. The molecule has 3 aromatic rings. The third-order valence-electron chi connectivity index (χ3n) is 4.12. The standard InChI is InChI=1S/C18H12ClN3OS/c19-14-10-21-18(23)13-2-1-3-16(17(13)14)24-22-7-6-12-5-4-11(9-20)8-15(12)22/h1-5,8,10H,6-7H2,(H,21,23). The smallest absolute Gasteiger partial charge is 0.255 e. The van der Waals surface area contributed by atoms with Gasteiger partial charge in [0.15, 0.2) is 0 Å². The van der Waals surface area contributed by atoms with Crippen LogP contribution in [0.15, 0.2) is 52.3 Å². The van der Waals surface area contributed by atoms with Crippen molar-refractivity contribution in [2.45, 2.75) is 11.3 Å². The van der Waals surface area contributed by atoms with Gasteiger partial charge in [-0.2, -0.15) is 5.26 Å². The Morgan fingerprint density at radius 2 is 2.17 bits per heavy atom. The summed E-state index contributed by atoms with van der Waals surface area (Å²) in [6.45, 7) is 0.853. The number of hydrogen-bond acceptors (Lipinski definition) is 4. The van der Waals surface area contributed by atoms with E-state index in [4.69, 9.17) is 16.9 Å². The average molecular weight is 354 g/mol. The van der Waals surface area contributed by atoms with Crippen LogP contribution in [0.5, 0.6) is 0 Å². The van der Waals surface area contributed by atoms with Crippen molar-refractivity contribution in [3.63, 3.8) is 0 Å². The Labute approximate surface area is 147 Å². The lowest BCUT2D eigenvalue weighted by atomic mass is 10.1. The summed E-state index contributed by atoms with van der Waals surface area (Å²) >= 11 is 7.87. The summed E-state index contributed by atoms with van der Waals surface area (Å²) in [5.41, 5.74) is 2.78. The fraction of sp³-hybridized carbons (Fsp3) is 0.111. The van der Waals surface area contributed by atoms with Gasteiger partial charge in [-0.15, -0.1) is 0 Å². The molecule has 0 spiro atoms. The summed E-state index contributed by atoms with van der Waals surface area (Å²) in [6, 6.07) is 13.6. The van der Waals surface area contributed by atoms with Gasteiger partial charge in [0.25, 0.3) is 5.56 Å². The number of H-pyrrole nitrogens is 1. The van der Waals surface area contributed by atoms with Gasteiger partial charge in [0.2, 0.25) is 0 Å². The lowest BCUT2D eigenvalue weighted by Gasteiger charge is -2.19. The molecule has 1 aromatic heterocycles.